The largest absolute Gasteiger partial charge is 0.422 e. The highest BCUT2D eigenvalue weighted by atomic mass is 32.1. The van der Waals surface area contributed by atoms with Gasteiger partial charge in [0.1, 0.15) is 5.58 Å². The highest BCUT2D eigenvalue weighted by Crippen LogP contribution is 2.29. The number of fused-ring (bicyclic) bond motifs is 2. The molecule has 0 aliphatic heterocycles. The zero-order valence-corrected chi connectivity index (χ0v) is 16.3. The Hall–Kier alpha value is -3.59. The van der Waals surface area contributed by atoms with E-state index < -0.39 is 10.5 Å². The Morgan fingerprint density at radius 3 is 2.79 bits per heavy atom. The van der Waals surface area contributed by atoms with Crippen LogP contribution in [0.1, 0.15) is 16.7 Å². The molecule has 8 nitrogen and oxygen atoms in total. The number of non-ortho nitro benzene ring substituents is 1. The summed E-state index contributed by atoms with van der Waals surface area (Å²) in [5.74, 6) is -0.344. The number of rotatable bonds is 4. The van der Waals surface area contributed by atoms with Gasteiger partial charge in [0.25, 0.3) is 5.69 Å². The molecule has 0 saturated carbocycles. The molecule has 0 fully saturated rings. The summed E-state index contributed by atoms with van der Waals surface area (Å²) in [5, 5.41) is 14.7. The Balaban J connectivity index is 1.62. The number of nitro benzene ring substituents is 1. The third-order valence-corrected chi connectivity index (χ3v) is 5.63. The SMILES string of the molecule is Cc1ccc2c(CC(=O)Nc3nc4ccc([N+](=O)[O-])cc4s3)cc(=O)oc2c1C. The molecule has 4 aromatic rings. The number of anilines is 1. The topological polar surface area (TPSA) is 115 Å². The van der Waals surface area contributed by atoms with Crippen LogP contribution in [-0.4, -0.2) is 15.8 Å². The average molecular weight is 409 g/mol. The summed E-state index contributed by atoms with van der Waals surface area (Å²) in [5.41, 5.74) is 2.91. The number of hydrogen-bond acceptors (Lipinski definition) is 7. The molecule has 29 heavy (non-hydrogen) atoms. The van der Waals surface area contributed by atoms with Crippen LogP contribution in [0.4, 0.5) is 10.8 Å². The van der Waals surface area contributed by atoms with Crippen molar-refractivity contribution in [2.24, 2.45) is 0 Å². The van der Waals surface area contributed by atoms with E-state index in [0.29, 0.717) is 31.9 Å². The number of benzene rings is 2. The van der Waals surface area contributed by atoms with E-state index in [4.69, 9.17) is 4.42 Å². The van der Waals surface area contributed by atoms with E-state index in [1.165, 1.54) is 18.2 Å². The number of nitrogens with zero attached hydrogens (tertiary/aromatic N) is 2. The fourth-order valence-electron chi connectivity index (χ4n) is 3.09. The molecule has 1 N–H and O–H groups in total. The first-order valence-electron chi connectivity index (χ1n) is 8.69. The van der Waals surface area contributed by atoms with Gasteiger partial charge in [-0.1, -0.05) is 23.5 Å². The number of aromatic nitrogens is 1. The Kier molecular flexibility index (Phi) is 4.59. The Morgan fingerprint density at radius 1 is 1.24 bits per heavy atom. The molecule has 0 atom stereocenters. The van der Waals surface area contributed by atoms with Gasteiger partial charge in [-0.15, -0.1) is 0 Å². The standard InChI is InChI=1S/C20H15N3O5S/c1-10-3-5-14-12(8-18(25)28-19(14)11(10)2)7-17(24)22-20-21-15-6-4-13(23(26)27)9-16(15)29-20/h3-6,8-9H,7H2,1-2H3,(H,21,22,24). The lowest BCUT2D eigenvalue weighted by molar-refractivity contribution is -0.384. The zero-order valence-electron chi connectivity index (χ0n) is 15.5. The van der Waals surface area contributed by atoms with Crippen LogP contribution in [0.5, 0.6) is 0 Å². The van der Waals surface area contributed by atoms with Gasteiger partial charge < -0.3 is 9.73 Å². The van der Waals surface area contributed by atoms with Gasteiger partial charge in [-0.2, -0.15) is 0 Å². The molecule has 4 rings (SSSR count). The maximum Gasteiger partial charge on any atom is 0.336 e. The van der Waals surface area contributed by atoms with Crippen molar-refractivity contribution in [1.29, 1.82) is 0 Å². The molecule has 1 amide bonds. The molecule has 0 saturated heterocycles. The van der Waals surface area contributed by atoms with E-state index in [2.05, 4.69) is 10.3 Å². The van der Waals surface area contributed by atoms with Gasteiger partial charge in [0, 0.05) is 23.6 Å². The Bertz CT molecular complexity index is 1360. The zero-order chi connectivity index (χ0) is 20.7. The van der Waals surface area contributed by atoms with Crippen molar-refractivity contribution in [3.8, 4) is 0 Å². The van der Waals surface area contributed by atoms with Crippen LogP contribution in [0.2, 0.25) is 0 Å². The molecular weight excluding hydrogens is 394 g/mol. The highest BCUT2D eigenvalue weighted by Gasteiger charge is 2.15. The number of amides is 1. The predicted octanol–water partition coefficient (Wildman–Crippen LogP) is 4.11. The summed E-state index contributed by atoms with van der Waals surface area (Å²) in [7, 11) is 0. The molecule has 2 aromatic carbocycles. The molecule has 0 aliphatic rings. The van der Waals surface area contributed by atoms with Gasteiger partial charge in [0.15, 0.2) is 5.13 Å². The van der Waals surface area contributed by atoms with E-state index >= 15 is 0 Å². The van der Waals surface area contributed by atoms with Gasteiger partial charge in [0.2, 0.25) is 5.91 Å². The van der Waals surface area contributed by atoms with Gasteiger partial charge in [-0.25, -0.2) is 9.78 Å². The van der Waals surface area contributed by atoms with E-state index in [0.717, 1.165) is 22.5 Å². The van der Waals surface area contributed by atoms with Crippen LogP contribution in [-0.2, 0) is 11.2 Å². The quantitative estimate of drug-likeness (QED) is 0.308. The van der Waals surface area contributed by atoms with Crippen molar-refractivity contribution in [1.82, 2.24) is 4.98 Å². The fraction of sp³-hybridized carbons (Fsp3) is 0.150. The second kappa shape index (κ2) is 7.10. The molecule has 2 aromatic heterocycles. The summed E-state index contributed by atoms with van der Waals surface area (Å²) in [6, 6.07) is 9.40. The van der Waals surface area contributed by atoms with E-state index in [1.807, 2.05) is 26.0 Å². The van der Waals surface area contributed by atoms with Gasteiger partial charge in [0.05, 0.1) is 21.6 Å². The summed E-state index contributed by atoms with van der Waals surface area (Å²) in [4.78, 5) is 39.2. The number of carbonyl (C=O) groups is 1. The smallest absolute Gasteiger partial charge is 0.336 e. The van der Waals surface area contributed by atoms with Gasteiger partial charge in [-0.3, -0.25) is 14.9 Å². The summed E-state index contributed by atoms with van der Waals surface area (Å²) in [6.07, 6.45) is -0.0271. The van der Waals surface area contributed by atoms with Crippen LogP contribution in [0.15, 0.2) is 45.6 Å². The average Bonchev–Trinajstić information content (AvgIpc) is 3.06. The fourth-order valence-corrected chi connectivity index (χ4v) is 4.00. The van der Waals surface area contributed by atoms with Gasteiger partial charge in [-0.05, 0) is 36.6 Å². The molecule has 2 heterocycles. The second-order valence-corrected chi connectivity index (χ2v) is 7.66. The minimum absolute atomic E-state index is 0.0271. The normalized spacial score (nSPS) is 11.1. The number of carbonyl (C=O) groups excluding carboxylic acids is 1. The van der Waals surface area contributed by atoms with E-state index in [-0.39, 0.29) is 18.0 Å². The third-order valence-electron chi connectivity index (χ3n) is 4.70. The monoisotopic (exact) mass is 409 g/mol. The third kappa shape index (κ3) is 3.59. The maximum absolute atomic E-state index is 12.6. The lowest BCUT2D eigenvalue weighted by atomic mass is 10.0. The first-order valence-corrected chi connectivity index (χ1v) is 9.51. The van der Waals surface area contributed by atoms with Crippen molar-refractivity contribution < 1.29 is 14.1 Å². The molecule has 0 bridgehead atoms. The minimum atomic E-state index is -0.513. The minimum Gasteiger partial charge on any atom is -0.422 e. The predicted molar refractivity (Wildman–Crippen MR) is 111 cm³/mol. The van der Waals surface area contributed by atoms with Crippen molar-refractivity contribution in [3.63, 3.8) is 0 Å². The van der Waals surface area contributed by atoms with Crippen molar-refractivity contribution in [2.75, 3.05) is 5.32 Å². The van der Waals surface area contributed by atoms with E-state index in [1.54, 1.807) is 6.07 Å². The number of hydrogen-bond donors (Lipinski definition) is 1. The van der Waals surface area contributed by atoms with Crippen LogP contribution in [0.3, 0.4) is 0 Å². The number of thiazole rings is 1. The Labute approximate surface area is 168 Å². The van der Waals surface area contributed by atoms with E-state index in [9.17, 15) is 19.7 Å². The first-order chi connectivity index (χ1) is 13.8. The molecule has 0 radical (unpaired) electrons. The molecular formula is C20H15N3O5S. The highest BCUT2D eigenvalue weighted by molar-refractivity contribution is 7.22. The molecule has 0 spiro atoms. The molecule has 9 heteroatoms. The summed E-state index contributed by atoms with van der Waals surface area (Å²) < 4.78 is 5.93. The van der Waals surface area contributed by atoms with Crippen LogP contribution in [0, 0.1) is 24.0 Å². The number of nitrogens with one attached hydrogen (secondary N) is 1. The summed E-state index contributed by atoms with van der Waals surface area (Å²) >= 11 is 1.15. The molecule has 0 unspecified atom stereocenters. The van der Waals surface area contributed by atoms with Crippen molar-refractivity contribution in [3.05, 3.63) is 73.6 Å². The molecule has 0 aliphatic carbocycles. The van der Waals surface area contributed by atoms with Crippen LogP contribution >= 0.6 is 11.3 Å². The first kappa shape index (κ1) is 18.8. The van der Waals surface area contributed by atoms with Crippen LogP contribution in [0.25, 0.3) is 21.2 Å². The Morgan fingerprint density at radius 2 is 2.03 bits per heavy atom. The van der Waals surface area contributed by atoms with Crippen molar-refractivity contribution >= 4 is 49.2 Å². The molecule has 146 valence electrons. The number of nitro groups is 1. The van der Waals surface area contributed by atoms with Crippen molar-refractivity contribution in [2.45, 2.75) is 20.3 Å². The number of aryl methyl sites for hydroxylation is 2. The second-order valence-electron chi connectivity index (χ2n) is 6.63. The van der Waals surface area contributed by atoms with Gasteiger partial charge >= 0.3 is 5.63 Å². The van der Waals surface area contributed by atoms with Crippen LogP contribution < -0.4 is 10.9 Å². The summed E-state index contributed by atoms with van der Waals surface area (Å²) in [6.45, 7) is 3.79. The lowest BCUT2D eigenvalue weighted by Crippen LogP contribution is -2.15. The lowest BCUT2D eigenvalue weighted by Gasteiger charge is -2.08. The maximum atomic E-state index is 12.6.